The molecule has 2 heterocycles. The summed E-state index contributed by atoms with van der Waals surface area (Å²) in [6, 6.07) is 1.82. The molecule has 0 aromatic carbocycles. The third kappa shape index (κ3) is 2.18. The number of nitrogens with zero attached hydrogens (tertiary/aromatic N) is 2. The predicted octanol–water partition coefficient (Wildman–Crippen LogP) is 0.385. The van der Waals surface area contributed by atoms with Crippen LogP contribution in [0.5, 0.6) is 0 Å². The molecule has 1 aromatic heterocycles. The van der Waals surface area contributed by atoms with Gasteiger partial charge in [-0.3, -0.25) is 9.69 Å². The van der Waals surface area contributed by atoms with Gasteiger partial charge in [0.05, 0.1) is 11.7 Å². The zero-order valence-electron chi connectivity index (χ0n) is 8.77. The smallest absolute Gasteiger partial charge is 0.237 e. The molecule has 1 amide bonds. The number of likely N-dealkylation sites (N-methyl/N-ethyl adjacent to an activating group) is 1. The Hall–Kier alpha value is -1.36. The van der Waals surface area contributed by atoms with Crippen LogP contribution in [0.15, 0.2) is 16.9 Å². The Morgan fingerprint density at radius 2 is 2.60 bits per heavy atom. The molecule has 2 rings (SSSR count). The highest BCUT2D eigenvalue weighted by molar-refractivity contribution is 5.83. The van der Waals surface area contributed by atoms with E-state index in [9.17, 15) is 4.79 Å². The molecule has 5 nitrogen and oxygen atoms in total. The SMILES string of the molecule is CCN(Cc1ccon1)C1CCNC1=O. The minimum Gasteiger partial charge on any atom is -0.364 e. The summed E-state index contributed by atoms with van der Waals surface area (Å²) in [5, 5.41) is 6.69. The second-order valence-electron chi connectivity index (χ2n) is 3.65. The molecule has 1 aliphatic rings. The summed E-state index contributed by atoms with van der Waals surface area (Å²) in [4.78, 5) is 13.6. The lowest BCUT2D eigenvalue weighted by molar-refractivity contribution is -0.123. The van der Waals surface area contributed by atoms with Crippen LogP contribution in [0.3, 0.4) is 0 Å². The first-order chi connectivity index (χ1) is 7.31. The highest BCUT2D eigenvalue weighted by atomic mass is 16.5. The summed E-state index contributed by atoms with van der Waals surface area (Å²) in [5.41, 5.74) is 0.872. The van der Waals surface area contributed by atoms with Gasteiger partial charge in [-0.25, -0.2) is 0 Å². The molecule has 0 radical (unpaired) electrons. The number of rotatable bonds is 4. The first kappa shape index (κ1) is 10.2. The van der Waals surface area contributed by atoms with Crippen LogP contribution >= 0.6 is 0 Å². The Balaban J connectivity index is 2.01. The molecule has 1 atom stereocenters. The maximum atomic E-state index is 11.5. The molecule has 1 fully saturated rings. The summed E-state index contributed by atoms with van der Waals surface area (Å²) in [6.45, 7) is 4.33. The van der Waals surface area contributed by atoms with E-state index in [2.05, 4.69) is 15.4 Å². The third-order valence-corrected chi connectivity index (χ3v) is 2.72. The molecular formula is C10H15N3O2. The summed E-state index contributed by atoms with van der Waals surface area (Å²) in [7, 11) is 0. The normalized spacial score (nSPS) is 20.9. The average molecular weight is 209 g/mol. The van der Waals surface area contributed by atoms with Crippen LogP contribution in [0, 0.1) is 0 Å². The molecule has 1 unspecified atom stereocenters. The van der Waals surface area contributed by atoms with E-state index >= 15 is 0 Å². The number of hydrogen-bond acceptors (Lipinski definition) is 4. The Morgan fingerprint density at radius 3 is 3.13 bits per heavy atom. The van der Waals surface area contributed by atoms with E-state index < -0.39 is 0 Å². The van der Waals surface area contributed by atoms with Crippen LogP contribution in [0.2, 0.25) is 0 Å². The van der Waals surface area contributed by atoms with Gasteiger partial charge in [-0.2, -0.15) is 0 Å². The molecule has 0 spiro atoms. The molecule has 0 aliphatic carbocycles. The summed E-state index contributed by atoms with van der Waals surface area (Å²) < 4.78 is 4.77. The van der Waals surface area contributed by atoms with Crippen molar-refractivity contribution >= 4 is 5.91 Å². The van der Waals surface area contributed by atoms with Crippen molar-refractivity contribution in [2.45, 2.75) is 25.9 Å². The Kier molecular flexibility index (Phi) is 3.01. The summed E-state index contributed by atoms with van der Waals surface area (Å²) in [6.07, 6.45) is 2.43. The van der Waals surface area contributed by atoms with Crippen molar-refractivity contribution in [3.63, 3.8) is 0 Å². The van der Waals surface area contributed by atoms with Gasteiger partial charge in [0.25, 0.3) is 0 Å². The maximum absolute atomic E-state index is 11.5. The van der Waals surface area contributed by atoms with Crippen LogP contribution in [0.25, 0.3) is 0 Å². The topological polar surface area (TPSA) is 58.4 Å². The minimum atomic E-state index is -0.00769. The second-order valence-corrected chi connectivity index (χ2v) is 3.65. The zero-order chi connectivity index (χ0) is 10.7. The molecule has 1 saturated heterocycles. The molecule has 1 aliphatic heterocycles. The first-order valence-electron chi connectivity index (χ1n) is 5.22. The van der Waals surface area contributed by atoms with Crippen molar-refractivity contribution in [2.24, 2.45) is 0 Å². The van der Waals surface area contributed by atoms with Gasteiger partial charge >= 0.3 is 0 Å². The summed E-state index contributed by atoms with van der Waals surface area (Å²) >= 11 is 0. The van der Waals surface area contributed by atoms with Crippen LogP contribution in [-0.2, 0) is 11.3 Å². The van der Waals surface area contributed by atoms with Crippen molar-refractivity contribution in [3.05, 3.63) is 18.0 Å². The fourth-order valence-electron chi connectivity index (χ4n) is 1.90. The van der Waals surface area contributed by atoms with E-state index in [1.165, 1.54) is 0 Å². The highest BCUT2D eigenvalue weighted by Gasteiger charge is 2.29. The number of carbonyl (C=O) groups excluding carboxylic acids is 1. The minimum absolute atomic E-state index is 0.00769. The van der Waals surface area contributed by atoms with E-state index in [-0.39, 0.29) is 11.9 Å². The van der Waals surface area contributed by atoms with Crippen molar-refractivity contribution < 1.29 is 9.32 Å². The van der Waals surface area contributed by atoms with Gasteiger partial charge in [0, 0.05) is 19.2 Å². The predicted molar refractivity (Wildman–Crippen MR) is 54.0 cm³/mol. The standard InChI is InChI=1S/C10H15N3O2/c1-2-13(7-8-4-6-15-12-8)9-3-5-11-10(9)14/h4,6,9H,2-3,5,7H2,1H3,(H,11,14). The Labute approximate surface area is 88.4 Å². The number of carbonyl (C=O) groups is 1. The largest absolute Gasteiger partial charge is 0.364 e. The van der Waals surface area contributed by atoms with Gasteiger partial charge < -0.3 is 9.84 Å². The lowest BCUT2D eigenvalue weighted by atomic mass is 10.2. The van der Waals surface area contributed by atoms with E-state index in [0.29, 0.717) is 6.54 Å². The summed E-state index contributed by atoms with van der Waals surface area (Å²) in [5.74, 6) is 0.125. The molecular weight excluding hydrogens is 194 g/mol. The number of nitrogens with one attached hydrogen (secondary N) is 1. The maximum Gasteiger partial charge on any atom is 0.237 e. The zero-order valence-corrected chi connectivity index (χ0v) is 8.77. The average Bonchev–Trinajstić information content (AvgIpc) is 2.85. The molecule has 15 heavy (non-hydrogen) atoms. The van der Waals surface area contributed by atoms with Crippen molar-refractivity contribution in [2.75, 3.05) is 13.1 Å². The third-order valence-electron chi connectivity index (χ3n) is 2.72. The molecule has 0 bridgehead atoms. The monoisotopic (exact) mass is 209 g/mol. The second kappa shape index (κ2) is 4.44. The van der Waals surface area contributed by atoms with E-state index in [1.807, 2.05) is 13.0 Å². The van der Waals surface area contributed by atoms with Gasteiger partial charge in [0.2, 0.25) is 5.91 Å². The first-order valence-corrected chi connectivity index (χ1v) is 5.22. The van der Waals surface area contributed by atoms with Crippen LogP contribution in [-0.4, -0.2) is 35.1 Å². The number of amides is 1. The number of hydrogen-bond donors (Lipinski definition) is 1. The van der Waals surface area contributed by atoms with Crippen molar-refractivity contribution in [1.82, 2.24) is 15.4 Å². The van der Waals surface area contributed by atoms with Crippen molar-refractivity contribution in [1.29, 1.82) is 0 Å². The van der Waals surface area contributed by atoms with Crippen LogP contribution < -0.4 is 5.32 Å². The fraction of sp³-hybridized carbons (Fsp3) is 0.600. The molecule has 5 heteroatoms. The lowest BCUT2D eigenvalue weighted by Gasteiger charge is -2.23. The molecule has 0 saturated carbocycles. The van der Waals surface area contributed by atoms with E-state index in [1.54, 1.807) is 6.26 Å². The quantitative estimate of drug-likeness (QED) is 0.779. The van der Waals surface area contributed by atoms with Gasteiger partial charge in [-0.05, 0) is 13.0 Å². The Bertz CT molecular complexity index is 323. The fourth-order valence-corrected chi connectivity index (χ4v) is 1.90. The van der Waals surface area contributed by atoms with Crippen molar-refractivity contribution in [3.8, 4) is 0 Å². The number of aromatic nitrogens is 1. The Morgan fingerprint density at radius 1 is 1.73 bits per heavy atom. The van der Waals surface area contributed by atoms with Crippen LogP contribution in [0.4, 0.5) is 0 Å². The highest BCUT2D eigenvalue weighted by Crippen LogP contribution is 2.12. The van der Waals surface area contributed by atoms with Gasteiger partial charge in [-0.1, -0.05) is 12.1 Å². The lowest BCUT2D eigenvalue weighted by Crippen LogP contribution is -2.40. The molecule has 1 aromatic rings. The molecule has 82 valence electrons. The van der Waals surface area contributed by atoms with Gasteiger partial charge in [-0.15, -0.1) is 0 Å². The van der Waals surface area contributed by atoms with Gasteiger partial charge in [0.1, 0.15) is 6.26 Å². The van der Waals surface area contributed by atoms with Crippen LogP contribution in [0.1, 0.15) is 19.0 Å². The molecule has 1 N–H and O–H groups in total. The van der Waals surface area contributed by atoms with E-state index in [0.717, 1.165) is 25.2 Å². The van der Waals surface area contributed by atoms with E-state index in [4.69, 9.17) is 4.52 Å². The van der Waals surface area contributed by atoms with Gasteiger partial charge in [0.15, 0.2) is 0 Å².